The molecule has 1 N–H and O–H groups in total. The van der Waals surface area contributed by atoms with E-state index in [2.05, 4.69) is 9.88 Å². The van der Waals surface area contributed by atoms with Crippen LogP contribution in [0.1, 0.15) is 5.69 Å². The third-order valence-corrected chi connectivity index (χ3v) is 4.19. The summed E-state index contributed by atoms with van der Waals surface area (Å²) in [5.41, 5.74) is 1.04. The lowest BCUT2D eigenvalue weighted by Gasteiger charge is -2.34. The van der Waals surface area contributed by atoms with Crippen molar-refractivity contribution in [2.45, 2.75) is 6.54 Å². The number of aliphatic carboxylic acids is 1. The van der Waals surface area contributed by atoms with Gasteiger partial charge in [-0.05, 0) is 12.1 Å². The van der Waals surface area contributed by atoms with Gasteiger partial charge < -0.3 is 10.0 Å². The van der Waals surface area contributed by atoms with Crippen LogP contribution in [0.2, 0.25) is 0 Å². The van der Waals surface area contributed by atoms with E-state index in [9.17, 15) is 9.59 Å². The van der Waals surface area contributed by atoms with Crippen molar-refractivity contribution in [1.29, 1.82) is 0 Å². The molecule has 1 aliphatic rings. The van der Waals surface area contributed by atoms with E-state index in [0.717, 1.165) is 37.1 Å². The summed E-state index contributed by atoms with van der Waals surface area (Å²) >= 11 is 1.15. The molecule has 7 heteroatoms. The van der Waals surface area contributed by atoms with Crippen LogP contribution < -0.4 is 0 Å². The Kier molecular flexibility index (Phi) is 6.01. The predicted octanol–water partition coefficient (Wildman–Crippen LogP) is 0.544. The molecule has 0 aliphatic carbocycles. The van der Waals surface area contributed by atoms with Gasteiger partial charge in [-0.1, -0.05) is 6.07 Å². The van der Waals surface area contributed by atoms with Crippen LogP contribution in [-0.2, 0) is 16.1 Å². The van der Waals surface area contributed by atoms with E-state index in [-0.39, 0.29) is 17.4 Å². The maximum absolute atomic E-state index is 11.9. The third kappa shape index (κ3) is 5.35. The summed E-state index contributed by atoms with van der Waals surface area (Å²) in [6, 6.07) is 5.87. The molecule has 0 radical (unpaired) electrons. The third-order valence-electron chi connectivity index (χ3n) is 3.29. The molecule has 1 aliphatic heterocycles. The minimum absolute atomic E-state index is 0.0224. The van der Waals surface area contributed by atoms with Gasteiger partial charge in [0.15, 0.2) is 0 Å². The second-order valence-electron chi connectivity index (χ2n) is 4.86. The fraction of sp³-hybridized carbons (Fsp3) is 0.500. The standard InChI is InChI=1S/C14H19N3O3S/c18-13(10-21-11-14(19)20)17-7-5-16(6-8-17)9-12-3-1-2-4-15-12/h1-4H,5-11H2,(H,19,20). The van der Waals surface area contributed by atoms with Gasteiger partial charge >= 0.3 is 5.97 Å². The molecule has 0 atom stereocenters. The number of thioether (sulfide) groups is 1. The van der Waals surface area contributed by atoms with Crippen molar-refractivity contribution in [2.75, 3.05) is 37.7 Å². The molecule has 6 nitrogen and oxygen atoms in total. The lowest BCUT2D eigenvalue weighted by Crippen LogP contribution is -2.48. The second-order valence-corrected chi connectivity index (χ2v) is 5.85. The second kappa shape index (κ2) is 7.99. The molecule has 2 heterocycles. The van der Waals surface area contributed by atoms with Gasteiger partial charge in [0.2, 0.25) is 5.91 Å². The van der Waals surface area contributed by atoms with Crippen LogP contribution in [0.25, 0.3) is 0 Å². The van der Waals surface area contributed by atoms with Gasteiger partial charge in [-0.25, -0.2) is 0 Å². The Hall–Kier alpha value is -1.60. The number of piperazine rings is 1. The molecule has 1 aromatic rings. The van der Waals surface area contributed by atoms with Crippen LogP contribution in [0, 0.1) is 0 Å². The van der Waals surface area contributed by atoms with Gasteiger partial charge in [0.25, 0.3) is 0 Å². The molecular formula is C14H19N3O3S. The van der Waals surface area contributed by atoms with Crippen molar-refractivity contribution < 1.29 is 14.7 Å². The molecule has 0 aromatic carbocycles. The van der Waals surface area contributed by atoms with E-state index in [0.29, 0.717) is 13.1 Å². The smallest absolute Gasteiger partial charge is 0.313 e. The number of carbonyl (C=O) groups is 2. The first-order chi connectivity index (χ1) is 10.1. The topological polar surface area (TPSA) is 73.7 Å². The number of pyridine rings is 1. The normalized spacial score (nSPS) is 15.9. The lowest BCUT2D eigenvalue weighted by atomic mass is 10.2. The lowest BCUT2D eigenvalue weighted by molar-refractivity contribution is -0.133. The zero-order valence-corrected chi connectivity index (χ0v) is 12.6. The Labute approximate surface area is 128 Å². The molecule has 0 unspecified atom stereocenters. The summed E-state index contributed by atoms with van der Waals surface area (Å²) in [5, 5.41) is 8.55. The SMILES string of the molecule is O=C(O)CSCC(=O)N1CCN(Cc2ccccn2)CC1. The summed E-state index contributed by atoms with van der Waals surface area (Å²) in [7, 11) is 0. The summed E-state index contributed by atoms with van der Waals surface area (Å²) in [6.45, 7) is 3.84. The van der Waals surface area contributed by atoms with Gasteiger partial charge in [0, 0.05) is 38.9 Å². The molecule has 0 saturated carbocycles. The molecule has 1 saturated heterocycles. The Morgan fingerprint density at radius 2 is 1.95 bits per heavy atom. The van der Waals surface area contributed by atoms with Crippen molar-refractivity contribution in [3.05, 3.63) is 30.1 Å². The number of aromatic nitrogens is 1. The number of hydrogen-bond donors (Lipinski definition) is 1. The summed E-state index contributed by atoms with van der Waals surface area (Å²) < 4.78 is 0. The highest BCUT2D eigenvalue weighted by Crippen LogP contribution is 2.09. The molecule has 114 valence electrons. The van der Waals surface area contributed by atoms with Crippen LogP contribution >= 0.6 is 11.8 Å². The quantitative estimate of drug-likeness (QED) is 0.827. The van der Waals surface area contributed by atoms with Crippen LogP contribution in [0.15, 0.2) is 24.4 Å². The number of hydrogen-bond acceptors (Lipinski definition) is 5. The van der Waals surface area contributed by atoms with Gasteiger partial charge in [-0.3, -0.25) is 19.5 Å². The molecular weight excluding hydrogens is 290 g/mol. The Balaban J connectivity index is 1.70. The Bertz CT molecular complexity index is 476. The molecule has 1 aromatic heterocycles. The maximum Gasteiger partial charge on any atom is 0.313 e. The average Bonchev–Trinajstić information content (AvgIpc) is 2.48. The summed E-state index contributed by atoms with van der Waals surface area (Å²) in [6.07, 6.45) is 1.79. The van der Waals surface area contributed by atoms with Gasteiger partial charge in [0.1, 0.15) is 0 Å². The monoisotopic (exact) mass is 309 g/mol. The van der Waals surface area contributed by atoms with Crippen LogP contribution in [-0.4, -0.2) is 69.5 Å². The minimum Gasteiger partial charge on any atom is -0.481 e. The Morgan fingerprint density at radius 1 is 1.19 bits per heavy atom. The number of amides is 1. The van der Waals surface area contributed by atoms with Crippen molar-refractivity contribution >= 4 is 23.6 Å². The Morgan fingerprint density at radius 3 is 2.57 bits per heavy atom. The fourth-order valence-electron chi connectivity index (χ4n) is 2.19. The highest BCUT2D eigenvalue weighted by Gasteiger charge is 2.21. The summed E-state index contributed by atoms with van der Waals surface area (Å²) in [4.78, 5) is 30.7. The van der Waals surface area contributed by atoms with E-state index in [4.69, 9.17) is 5.11 Å². The van der Waals surface area contributed by atoms with Crippen molar-refractivity contribution in [3.63, 3.8) is 0 Å². The molecule has 2 rings (SSSR count). The van der Waals surface area contributed by atoms with Crippen molar-refractivity contribution in [3.8, 4) is 0 Å². The van der Waals surface area contributed by atoms with Gasteiger partial charge in [0.05, 0.1) is 17.2 Å². The zero-order chi connectivity index (χ0) is 15.1. The van der Waals surface area contributed by atoms with Crippen LogP contribution in [0.3, 0.4) is 0 Å². The molecule has 21 heavy (non-hydrogen) atoms. The maximum atomic E-state index is 11.9. The highest BCUT2D eigenvalue weighted by molar-refractivity contribution is 8.00. The number of rotatable bonds is 6. The summed E-state index contributed by atoms with van der Waals surface area (Å²) in [5.74, 6) is -0.635. The van der Waals surface area contributed by atoms with E-state index < -0.39 is 5.97 Å². The molecule has 1 fully saturated rings. The van der Waals surface area contributed by atoms with E-state index in [1.807, 2.05) is 23.1 Å². The minimum atomic E-state index is -0.881. The largest absolute Gasteiger partial charge is 0.481 e. The van der Waals surface area contributed by atoms with Crippen molar-refractivity contribution in [2.24, 2.45) is 0 Å². The van der Waals surface area contributed by atoms with E-state index in [1.54, 1.807) is 6.20 Å². The number of carboxylic acid groups (broad SMARTS) is 1. The first kappa shape index (κ1) is 15.8. The first-order valence-corrected chi connectivity index (χ1v) is 8.00. The molecule has 0 spiro atoms. The first-order valence-electron chi connectivity index (χ1n) is 6.85. The van der Waals surface area contributed by atoms with Gasteiger partial charge in [-0.2, -0.15) is 0 Å². The zero-order valence-electron chi connectivity index (χ0n) is 11.8. The predicted molar refractivity (Wildman–Crippen MR) is 81.1 cm³/mol. The molecule has 0 bridgehead atoms. The number of carbonyl (C=O) groups excluding carboxylic acids is 1. The highest BCUT2D eigenvalue weighted by atomic mass is 32.2. The molecule has 1 amide bonds. The van der Waals surface area contributed by atoms with Gasteiger partial charge in [-0.15, -0.1) is 11.8 Å². The van der Waals surface area contributed by atoms with E-state index >= 15 is 0 Å². The van der Waals surface area contributed by atoms with Crippen molar-refractivity contribution in [1.82, 2.24) is 14.8 Å². The van der Waals surface area contributed by atoms with E-state index in [1.165, 1.54) is 0 Å². The number of nitrogens with zero attached hydrogens (tertiary/aromatic N) is 3. The fourth-order valence-corrected chi connectivity index (χ4v) is 2.83. The van der Waals surface area contributed by atoms with Crippen LogP contribution in [0.5, 0.6) is 0 Å². The van der Waals surface area contributed by atoms with Crippen LogP contribution in [0.4, 0.5) is 0 Å². The average molecular weight is 309 g/mol. The number of carboxylic acids is 1.